The van der Waals surface area contributed by atoms with E-state index < -0.39 is 34.4 Å². The molecule has 9 nitrogen and oxygen atoms in total. The van der Waals surface area contributed by atoms with Gasteiger partial charge in [-0.1, -0.05) is 54.1 Å². The number of halogens is 2. The molecule has 0 saturated carbocycles. The van der Waals surface area contributed by atoms with Crippen LogP contribution in [0.2, 0.25) is 5.02 Å². The molecule has 4 aromatic carbocycles. The van der Waals surface area contributed by atoms with Gasteiger partial charge in [0.25, 0.3) is 15.9 Å². The van der Waals surface area contributed by atoms with Crippen LogP contribution in [-0.4, -0.2) is 57.0 Å². The Morgan fingerprint density at radius 3 is 2.19 bits per heavy atom. The number of hydrogen-bond donors (Lipinski definition) is 2. The van der Waals surface area contributed by atoms with Crippen molar-refractivity contribution in [1.82, 2.24) is 10.2 Å². The molecule has 4 aromatic rings. The Bertz CT molecular complexity index is 1720. The van der Waals surface area contributed by atoms with Gasteiger partial charge in [0.1, 0.15) is 17.6 Å². The van der Waals surface area contributed by atoms with Crippen LogP contribution in [0.1, 0.15) is 31.4 Å². The zero-order chi connectivity index (χ0) is 34.5. The molecule has 0 aromatic heterocycles. The van der Waals surface area contributed by atoms with Crippen LogP contribution in [0.25, 0.3) is 0 Å². The van der Waals surface area contributed by atoms with Crippen molar-refractivity contribution in [2.45, 2.75) is 50.3 Å². The highest BCUT2D eigenvalue weighted by Crippen LogP contribution is 2.21. The van der Waals surface area contributed by atoms with Gasteiger partial charge in [-0.3, -0.25) is 14.3 Å². The molecule has 0 bridgehead atoms. The first-order valence-corrected chi connectivity index (χ1v) is 17.3. The Balaban J connectivity index is 1.51. The van der Waals surface area contributed by atoms with Gasteiger partial charge in [-0.2, -0.15) is 0 Å². The number of carbonyl (C=O) groups excluding carboxylic acids is 2. The van der Waals surface area contributed by atoms with Gasteiger partial charge in [0, 0.05) is 36.8 Å². The molecule has 0 radical (unpaired) electrons. The summed E-state index contributed by atoms with van der Waals surface area (Å²) in [6.45, 7) is 4.47. The fourth-order valence-corrected chi connectivity index (χ4v) is 5.92. The standard InChI is InChI=1S/C36H39ClFN3O6S/c1-26(2)46-22-6-21-39-36(43)34(23-27-7-4-3-5-8-27)41(24-28-9-11-29(37)12-10-28)35(42)25-47-32-17-19-33(20-18-32)48(44,45)40-31-15-13-30(38)14-16-31/h3-5,7-20,26,34,40H,6,21-25H2,1-2H3,(H,39,43). The van der Waals surface area contributed by atoms with E-state index in [1.807, 2.05) is 44.2 Å². The molecule has 2 amide bonds. The molecule has 2 N–H and O–H groups in total. The number of amides is 2. The van der Waals surface area contributed by atoms with E-state index in [-0.39, 0.29) is 41.3 Å². The highest BCUT2D eigenvalue weighted by Gasteiger charge is 2.30. The van der Waals surface area contributed by atoms with Crippen LogP contribution < -0.4 is 14.8 Å². The SMILES string of the molecule is CC(C)OCCCNC(=O)C(Cc1ccccc1)N(Cc1ccc(Cl)cc1)C(=O)COc1ccc(S(=O)(=O)Nc2ccc(F)cc2)cc1. The van der Waals surface area contributed by atoms with Crippen molar-refractivity contribution in [3.63, 3.8) is 0 Å². The van der Waals surface area contributed by atoms with E-state index in [0.717, 1.165) is 23.3 Å². The lowest BCUT2D eigenvalue weighted by Gasteiger charge is -2.31. The number of rotatable bonds is 17. The quantitative estimate of drug-likeness (QED) is 0.127. The van der Waals surface area contributed by atoms with E-state index in [1.165, 1.54) is 41.3 Å². The fourth-order valence-electron chi connectivity index (χ4n) is 4.74. The molecule has 0 saturated heterocycles. The van der Waals surface area contributed by atoms with Gasteiger partial charge in [-0.25, -0.2) is 12.8 Å². The van der Waals surface area contributed by atoms with Crippen molar-refractivity contribution in [3.05, 3.63) is 125 Å². The van der Waals surface area contributed by atoms with Crippen LogP contribution in [0, 0.1) is 5.82 Å². The molecule has 254 valence electrons. The summed E-state index contributed by atoms with van der Waals surface area (Å²) in [5, 5.41) is 3.51. The van der Waals surface area contributed by atoms with Crippen molar-refractivity contribution in [1.29, 1.82) is 0 Å². The molecule has 0 spiro atoms. The molecule has 0 fully saturated rings. The minimum Gasteiger partial charge on any atom is -0.484 e. The zero-order valence-electron chi connectivity index (χ0n) is 26.8. The Morgan fingerprint density at radius 2 is 1.54 bits per heavy atom. The van der Waals surface area contributed by atoms with Crippen molar-refractivity contribution >= 4 is 39.1 Å². The number of hydrogen-bond acceptors (Lipinski definition) is 6. The summed E-state index contributed by atoms with van der Waals surface area (Å²) < 4.78 is 52.6. The normalized spacial score (nSPS) is 11.9. The fraction of sp³-hybridized carbons (Fsp3) is 0.278. The maximum Gasteiger partial charge on any atom is 0.261 e. The summed E-state index contributed by atoms with van der Waals surface area (Å²) >= 11 is 6.11. The van der Waals surface area contributed by atoms with Crippen LogP contribution in [0.3, 0.4) is 0 Å². The number of benzene rings is 4. The van der Waals surface area contributed by atoms with E-state index in [0.29, 0.717) is 24.6 Å². The lowest BCUT2D eigenvalue weighted by Crippen LogP contribution is -2.52. The van der Waals surface area contributed by atoms with Gasteiger partial charge in [-0.05, 0) is 92.1 Å². The second-order valence-corrected chi connectivity index (χ2v) is 13.4. The summed E-state index contributed by atoms with van der Waals surface area (Å²) in [7, 11) is -3.96. The second-order valence-electron chi connectivity index (χ2n) is 11.3. The Morgan fingerprint density at radius 1 is 0.875 bits per heavy atom. The third-order valence-corrected chi connectivity index (χ3v) is 8.85. The average molecular weight is 696 g/mol. The van der Waals surface area contributed by atoms with Crippen molar-refractivity contribution in [2.24, 2.45) is 0 Å². The number of anilines is 1. The minimum absolute atomic E-state index is 0.0479. The van der Waals surface area contributed by atoms with Crippen LogP contribution in [0.4, 0.5) is 10.1 Å². The molecular weight excluding hydrogens is 657 g/mol. The average Bonchev–Trinajstić information content (AvgIpc) is 3.07. The molecular formula is C36H39ClFN3O6S. The smallest absolute Gasteiger partial charge is 0.261 e. The first-order chi connectivity index (χ1) is 23.0. The summed E-state index contributed by atoms with van der Waals surface area (Å²) in [5.74, 6) is -0.988. The highest BCUT2D eigenvalue weighted by molar-refractivity contribution is 7.92. The third kappa shape index (κ3) is 11.4. The molecule has 12 heteroatoms. The monoisotopic (exact) mass is 695 g/mol. The molecule has 1 unspecified atom stereocenters. The van der Waals surface area contributed by atoms with Gasteiger partial charge in [0.2, 0.25) is 5.91 Å². The van der Waals surface area contributed by atoms with Crippen molar-refractivity contribution in [3.8, 4) is 5.75 Å². The third-order valence-electron chi connectivity index (χ3n) is 7.20. The van der Waals surface area contributed by atoms with Crippen LogP contribution in [0.5, 0.6) is 5.75 Å². The Kier molecular flexibility index (Phi) is 13.4. The molecule has 0 aliphatic carbocycles. The molecule has 1 atom stereocenters. The lowest BCUT2D eigenvalue weighted by atomic mass is 10.0. The molecule has 0 aliphatic heterocycles. The van der Waals surface area contributed by atoms with Crippen molar-refractivity contribution in [2.75, 3.05) is 24.5 Å². The summed E-state index contributed by atoms with van der Waals surface area (Å²) in [6.07, 6.45) is 0.960. The lowest BCUT2D eigenvalue weighted by molar-refractivity contribution is -0.142. The number of nitrogens with zero attached hydrogens (tertiary/aromatic N) is 1. The van der Waals surface area contributed by atoms with Gasteiger partial charge < -0.3 is 19.7 Å². The van der Waals surface area contributed by atoms with Crippen LogP contribution >= 0.6 is 11.6 Å². The van der Waals surface area contributed by atoms with Crippen LogP contribution in [-0.2, 0) is 37.3 Å². The van der Waals surface area contributed by atoms with E-state index in [1.54, 1.807) is 24.3 Å². The maximum absolute atomic E-state index is 13.9. The topological polar surface area (TPSA) is 114 Å². The number of ether oxygens (including phenoxy) is 2. The van der Waals surface area contributed by atoms with Gasteiger partial charge in [-0.15, -0.1) is 0 Å². The van der Waals surface area contributed by atoms with Gasteiger partial charge in [0.15, 0.2) is 6.61 Å². The Labute approximate surface area is 286 Å². The number of sulfonamides is 1. The summed E-state index contributed by atoms with van der Waals surface area (Å²) in [4.78, 5) is 29.0. The number of carbonyl (C=O) groups is 2. The molecule has 48 heavy (non-hydrogen) atoms. The minimum atomic E-state index is -3.96. The van der Waals surface area contributed by atoms with Gasteiger partial charge in [0.05, 0.1) is 11.0 Å². The van der Waals surface area contributed by atoms with Crippen molar-refractivity contribution < 1.29 is 31.9 Å². The van der Waals surface area contributed by atoms with E-state index >= 15 is 0 Å². The largest absolute Gasteiger partial charge is 0.484 e. The Hall–Kier alpha value is -4.45. The highest BCUT2D eigenvalue weighted by atomic mass is 35.5. The van der Waals surface area contributed by atoms with E-state index in [2.05, 4.69) is 10.0 Å². The molecule has 0 heterocycles. The first-order valence-electron chi connectivity index (χ1n) is 15.5. The predicted octanol–water partition coefficient (Wildman–Crippen LogP) is 6.23. The second kappa shape index (κ2) is 17.6. The van der Waals surface area contributed by atoms with E-state index in [9.17, 15) is 22.4 Å². The molecule has 0 aliphatic rings. The maximum atomic E-state index is 13.9. The predicted molar refractivity (Wildman–Crippen MR) is 184 cm³/mol. The number of nitrogens with one attached hydrogen (secondary N) is 2. The summed E-state index contributed by atoms with van der Waals surface area (Å²) in [5.41, 5.74) is 1.86. The van der Waals surface area contributed by atoms with Crippen LogP contribution in [0.15, 0.2) is 108 Å². The van der Waals surface area contributed by atoms with E-state index in [4.69, 9.17) is 21.1 Å². The van der Waals surface area contributed by atoms with Gasteiger partial charge >= 0.3 is 0 Å². The zero-order valence-corrected chi connectivity index (χ0v) is 28.3. The molecule has 4 rings (SSSR count). The first kappa shape index (κ1) is 36.4. The summed E-state index contributed by atoms with van der Waals surface area (Å²) in [6, 6.07) is 26.1.